The molecule has 10 heteroatoms. The molecule has 0 radical (unpaired) electrons. The molecule has 27 heavy (non-hydrogen) atoms. The maximum atomic E-state index is 14.6. The van der Waals surface area contributed by atoms with Crippen molar-refractivity contribution in [3.05, 3.63) is 30.9 Å². The third-order valence-corrected chi connectivity index (χ3v) is 4.79. The van der Waals surface area contributed by atoms with Gasteiger partial charge < -0.3 is 15.4 Å². The van der Waals surface area contributed by atoms with Gasteiger partial charge in [0, 0.05) is 31.3 Å². The minimum absolute atomic E-state index is 0.00438. The van der Waals surface area contributed by atoms with Crippen molar-refractivity contribution in [3.63, 3.8) is 0 Å². The Labute approximate surface area is 154 Å². The van der Waals surface area contributed by atoms with Gasteiger partial charge in [-0.25, -0.2) is 18.7 Å². The average Bonchev–Trinajstić information content (AvgIpc) is 3.28. The standard InChI is InChI=1S/C17H20FN7O2/c1-23-7-12(6-21-23)14-9-25-15(2-4-20-25)16(22-14)24-5-3-11(13(18)8-24)10-27-17(19)26/h2,4,6-7,9,11,13H,3,5,8,10H2,1H3,(H2,19,26)/t11-,13-/m1/s1. The van der Waals surface area contributed by atoms with Crippen molar-refractivity contribution >= 4 is 17.4 Å². The summed E-state index contributed by atoms with van der Waals surface area (Å²) in [6, 6.07) is 1.85. The van der Waals surface area contributed by atoms with Gasteiger partial charge in [0.2, 0.25) is 0 Å². The van der Waals surface area contributed by atoms with Crippen molar-refractivity contribution in [2.45, 2.75) is 12.6 Å². The van der Waals surface area contributed by atoms with Gasteiger partial charge in [-0.1, -0.05) is 0 Å². The van der Waals surface area contributed by atoms with Crippen LogP contribution in [0.1, 0.15) is 6.42 Å². The minimum Gasteiger partial charge on any atom is -0.449 e. The Morgan fingerprint density at radius 3 is 2.96 bits per heavy atom. The molecule has 0 aromatic carbocycles. The van der Waals surface area contributed by atoms with Gasteiger partial charge in [-0.05, 0) is 12.5 Å². The molecule has 1 amide bonds. The van der Waals surface area contributed by atoms with Crippen LogP contribution in [0, 0.1) is 5.92 Å². The molecule has 1 saturated heterocycles. The van der Waals surface area contributed by atoms with Gasteiger partial charge in [-0.15, -0.1) is 0 Å². The van der Waals surface area contributed by atoms with E-state index in [0.29, 0.717) is 24.5 Å². The highest BCUT2D eigenvalue weighted by Gasteiger charge is 2.31. The molecule has 1 fully saturated rings. The highest BCUT2D eigenvalue weighted by atomic mass is 19.1. The Bertz CT molecular complexity index is 969. The van der Waals surface area contributed by atoms with Crippen molar-refractivity contribution < 1.29 is 13.9 Å². The van der Waals surface area contributed by atoms with Crippen molar-refractivity contribution in [3.8, 4) is 11.3 Å². The number of fused-ring (bicyclic) bond motifs is 1. The van der Waals surface area contributed by atoms with Gasteiger partial charge in [-0.2, -0.15) is 10.2 Å². The summed E-state index contributed by atoms with van der Waals surface area (Å²) in [5, 5.41) is 8.49. The number of carbonyl (C=O) groups is 1. The van der Waals surface area contributed by atoms with Gasteiger partial charge in [0.15, 0.2) is 5.82 Å². The number of aromatic nitrogens is 5. The number of alkyl halides is 1. The molecule has 3 aromatic heterocycles. The first-order chi connectivity index (χ1) is 13.0. The lowest BCUT2D eigenvalue weighted by Gasteiger charge is -2.35. The maximum Gasteiger partial charge on any atom is 0.404 e. The van der Waals surface area contributed by atoms with Crippen LogP contribution in [-0.2, 0) is 11.8 Å². The summed E-state index contributed by atoms with van der Waals surface area (Å²) in [6.07, 6.45) is 5.62. The number of halogens is 1. The zero-order valence-electron chi connectivity index (χ0n) is 14.8. The van der Waals surface area contributed by atoms with Crippen LogP contribution in [0.15, 0.2) is 30.9 Å². The van der Waals surface area contributed by atoms with Crippen LogP contribution in [0.5, 0.6) is 0 Å². The van der Waals surface area contributed by atoms with Crippen LogP contribution in [-0.4, -0.2) is 56.3 Å². The first-order valence-corrected chi connectivity index (χ1v) is 8.66. The third-order valence-electron chi connectivity index (χ3n) is 4.79. The molecule has 2 atom stereocenters. The summed E-state index contributed by atoms with van der Waals surface area (Å²) in [5.41, 5.74) is 7.35. The van der Waals surface area contributed by atoms with Crippen LogP contribution in [0.4, 0.5) is 15.0 Å². The SMILES string of the molecule is Cn1cc(-c2cn3nccc3c(N3CC[C@H](COC(N)=O)[C@H](F)C3)n2)cn1. The molecule has 9 nitrogen and oxygen atoms in total. The molecule has 2 N–H and O–H groups in total. The molecule has 0 saturated carbocycles. The molecule has 0 unspecified atom stereocenters. The number of piperidine rings is 1. The number of amides is 1. The van der Waals surface area contributed by atoms with Gasteiger partial charge in [-0.3, -0.25) is 4.68 Å². The summed E-state index contributed by atoms with van der Waals surface area (Å²) in [7, 11) is 1.84. The number of ether oxygens (including phenoxy) is 1. The highest BCUT2D eigenvalue weighted by Crippen LogP contribution is 2.29. The largest absolute Gasteiger partial charge is 0.449 e. The second kappa shape index (κ2) is 6.86. The van der Waals surface area contributed by atoms with Crippen molar-refractivity contribution in [1.29, 1.82) is 0 Å². The number of nitrogens with zero attached hydrogens (tertiary/aromatic N) is 6. The van der Waals surface area contributed by atoms with E-state index in [-0.39, 0.29) is 19.1 Å². The Hall–Kier alpha value is -3.17. The monoisotopic (exact) mass is 373 g/mol. The molecular weight excluding hydrogens is 353 g/mol. The van der Waals surface area contributed by atoms with E-state index < -0.39 is 12.3 Å². The molecule has 4 heterocycles. The van der Waals surface area contributed by atoms with E-state index >= 15 is 0 Å². The first-order valence-electron chi connectivity index (χ1n) is 8.66. The Balaban J connectivity index is 1.62. The van der Waals surface area contributed by atoms with E-state index in [0.717, 1.165) is 11.1 Å². The Morgan fingerprint density at radius 1 is 1.41 bits per heavy atom. The molecule has 1 aliphatic heterocycles. The first kappa shape index (κ1) is 17.3. The fourth-order valence-electron chi connectivity index (χ4n) is 3.36. The predicted octanol–water partition coefficient (Wildman–Crippen LogP) is 1.39. The molecule has 142 valence electrons. The van der Waals surface area contributed by atoms with E-state index in [2.05, 4.69) is 10.2 Å². The highest BCUT2D eigenvalue weighted by molar-refractivity contribution is 5.72. The molecule has 4 rings (SSSR count). The summed E-state index contributed by atoms with van der Waals surface area (Å²) in [6.45, 7) is 0.754. The van der Waals surface area contributed by atoms with E-state index in [4.69, 9.17) is 15.5 Å². The number of aryl methyl sites for hydroxylation is 1. The second-order valence-corrected chi connectivity index (χ2v) is 6.65. The lowest BCUT2D eigenvalue weighted by Crippen LogP contribution is -2.44. The smallest absolute Gasteiger partial charge is 0.404 e. The van der Waals surface area contributed by atoms with Crippen molar-refractivity contribution in [1.82, 2.24) is 24.4 Å². The third kappa shape index (κ3) is 3.42. The Morgan fingerprint density at radius 2 is 2.26 bits per heavy atom. The molecule has 0 spiro atoms. The van der Waals surface area contributed by atoms with Gasteiger partial charge in [0.05, 0.1) is 37.4 Å². The molecule has 0 bridgehead atoms. The van der Waals surface area contributed by atoms with Crippen LogP contribution in [0.2, 0.25) is 0 Å². The summed E-state index contributed by atoms with van der Waals surface area (Å²) >= 11 is 0. The van der Waals surface area contributed by atoms with E-state index in [9.17, 15) is 9.18 Å². The van der Waals surface area contributed by atoms with Crippen LogP contribution < -0.4 is 10.6 Å². The van der Waals surface area contributed by atoms with Gasteiger partial charge >= 0.3 is 6.09 Å². The number of hydrogen-bond donors (Lipinski definition) is 1. The summed E-state index contributed by atoms with van der Waals surface area (Å²) < 4.78 is 22.9. The van der Waals surface area contributed by atoms with Crippen molar-refractivity contribution in [2.75, 3.05) is 24.6 Å². The van der Waals surface area contributed by atoms with Gasteiger partial charge in [0.25, 0.3) is 0 Å². The summed E-state index contributed by atoms with van der Waals surface area (Å²) in [5.74, 6) is 0.307. The lowest BCUT2D eigenvalue weighted by molar-refractivity contribution is 0.0920. The number of nitrogens with two attached hydrogens (primary N) is 1. The molecular formula is C17H20FN7O2. The number of primary amides is 1. The molecule has 0 aliphatic carbocycles. The average molecular weight is 373 g/mol. The van der Waals surface area contributed by atoms with Crippen LogP contribution in [0.25, 0.3) is 16.8 Å². The van der Waals surface area contributed by atoms with Gasteiger partial charge in [0.1, 0.15) is 11.7 Å². The zero-order valence-corrected chi connectivity index (χ0v) is 14.8. The minimum atomic E-state index is -1.15. The number of anilines is 1. The molecule has 1 aliphatic rings. The van der Waals surface area contributed by atoms with Crippen LogP contribution >= 0.6 is 0 Å². The maximum absolute atomic E-state index is 14.6. The second-order valence-electron chi connectivity index (χ2n) is 6.65. The van der Waals surface area contributed by atoms with E-state index in [1.165, 1.54) is 0 Å². The summed E-state index contributed by atoms with van der Waals surface area (Å²) in [4.78, 5) is 17.4. The van der Waals surface area contributed by atoms with Crippen LogP contribution in [0.3, 0.4) is 0 Å². The fraction of sp³-hybridized carbons (Fsp3) is 0.412. The normalized spacial score (nSPS) is 20.1. The number of rotatable bonds is 4. The quantitative estimate of drug-likeness (QED) is 0.741. The fourth-order valence-corrected chi connectivity index (χ4v) is 3.36. The van der Waals surface area contributed by atoms with E-state index in [1.54, 1.807) is 21.6 Å². The van der Waals surface area contributed by atoms with Crippen molar-refractivity contribution in [2.24, 2.45) is 18.7 Å². The zero-order chi connectivity index (χ0) is 19.0. The number of hydrogen-bond acceptors (Lipinski definition) is 6. The van der Waals surface area contributed by atoms with E-state index in [1.807, 2.05) is 30.4 Å². The molecule has 3 aromatic rings. The Kier molecular flexibility index (Phi) is 4.38. The lowest BCUT2D eigenvalue weighted by atomic mass is 9.96. The topological polar surface area (TPSA) is 104 Å². The number of carbonyl (C=O) groups excluding carboxylic acids is 1. The predicted molar refractivity (Wildman–Crippen MR) is 95.9 cm³/mol.